The third-order valence-corrected chi connectivity index (χ3v) is 5.36. The standard InChI is InChI=1S/C19H25N3O/c1-2-8-20-18(4-1)13-21-9-3-6-19(15-21)7-10-22(16-19)12-17-5-11-23-14-17/h1-2,4-5,8,11,14H,3,6-7,9-10,12-13,15-16H2/t19-/m1/s1. The Bertz CT molecular complexity index is 613. The van der Waals surface area contributed by atoms with Gasteiger partial charge in [0.2, 0.25) is 0 Å². The quantitative estimate of drug-likeness (QED) is 0.868. The van der Waals surface area contributed by atoms with Crippen LogP contribution in [0.1, 0.15) is 30.5 Å². The van der Waals surface area contributed by atoms with Crippen LogP contribution in [0.25, 0.3) is 0 Å². The minimum Gasteiger partial charge on any atom is -0.472 e. The van der Waals surface area contributed by atoms with Gasteiger partial charge in [-0.25, -0.2) is 0 Å². The second-order valence-corrected chi connectivity index (χ2v) is 7.23. The topological polar surface area (TPSA) is 32.5 Å². The summed E-state index contributed by atoms with van der Waals surface area (Å²) in [5.41, 5.74) is 2.97. The summed E-state index contributed by atoms with van der Waals surface area (Å²) in [7, 11) is 0. The van der Waals surface area contributed by atoms with Crippen LogP contribution in [-0.2, 0) is 13.1 Å². The van der Waals surface area contributed by atoms with Gasteiger partial charge in [-0.2, -0.15) is 0 Å². The van der Waals surface area contributed by atoms with Crippen LogP contribution in [0.2, 0.25) is 0 Å². The van der Waals surface area contributed by atoms with E-state index in [0.717, 1.165) is 13.1 Å². The molecule has 4 heteroatoms. The lowest BCUT2D eigenvalue weighted by molar-refractivity contribution is 0.0857. The Morgan fingerprint density at radius 3 is 2.74 bits per heavy atom. The van der Waals surface area contributed by atoms with E-state index < -0.39 is 0 Å². The zero-order valence-electron chi connectivity index (χ0n) is 13.7. The smallest absolute Gasteiger partial charge is 0.0947 e. The lowest BCUT2D eigenvalue weighted by Gasteiger charge is -2.40. The zero-order chi connectivity index (χ0) is 15.5. The maximum Gasteiger partial charge on any atom is 0.0947 e. The number of nitrogens with zero attached hydrogens (tertiary/aromatic N) is 3. The van der Waals surface area contributed by atoms with Gasteiger partial charge in [-0.05, 0) is 56.0 Å². The van der Waals surface area contributed by atoms with E-state index in [9.17, 15) is 0 Å². The Labute approximate surface area is 138 Å². The molecule has 2 aromatic rings. The highest BCUT2D eigenvalue weighted by Gasteiger charge is 2.41. The molecule has 0 amide bonds. The molecule has 1 atom stereocenters. The molecule has 0 aromatic carbocycles. The molecule has 2 aliphatic rings. The lowest BCUT2D eigenvalue weighted by atomic mass is 9.79. The fourth-order valence-corrected chi connectivity index (χ4v) is 4.30. The average Bonchev–Trinajstić information content (AvgIpc) is 3.20. The van der Waals surface area contributed by atoms with Crippen molar-refractivity contribution in [2.24, 2.45) is 5.41 Å². The van der Waals surface area contributed by atoms with Crippen molar-refractivity contribution in [1.29, 1.82) is 0 Å². The van der Waals surface area contributed by atoms with E-state index in [4.69, 9.17) is 4.42 Å². The van der Waals surface area contributed by atoms with Crippen molar-refractivity contribution in [3.63, 3.8) is 0 Å². The number of likely N-dealkylation sites (tertiary alicyclic amines) is 2. The maximum absolute atomic E-state index is 5.20. The van der Waals surface area contributed by atoms with Crippen molar-refractivity contribution >= 4 is 0 Å². The first-order valence-corrected chi connectivity index (χ1v) is 8.67. The highest BCUT2D eigenvalue weighted by Crippen LogP contribution is 2.39. The van der Waals surface area contributed by atoms with E-state index in [-0.39, 0.29) is 0 Å². The Kier molecular flexibility index (Phi) is 4.19. The summed E-state index contributed by atoms with van der Waals surface area (Å²) in [5, 5.41) is 0. The van der Waals surface area contributed by atoms with Crippen LogP contribution < -0.4 is 0 Å². The molecule has 2 fully saturated rings. The van der Waals surface area contributed by atoms with Gasteiger partial charge in [0, 0.05) is 37.9 Å². The van der Waals surface area contributed by atoms with Crippen LogP contribution in [0.5, 0.6) is 0 Å². The van der Waals surface area contributed by atoms with Gasteiger partial charge in [0.25, 0.3) is 0 Å². The van der Waals surface area contributed by atoms with E-state index in [1.807, 2.05) is 18.5 Å². The molecule has 0 bridgehead atoms. The molecule has 2 aliphatic heterocycles. The molecule has 23 heavy (non-hydrogen) atoms. The molecule has 0 saturated carbocycles. The van der Waals surface area contributed by atoms with Crippen molar-refractivity contribution in [3.8, 4) is 0 Å². The van der Waals surface area contributed by atoms with E-state index in [0.29, 0.717) is 5.41 Å². The third kappa shape index (κ3) is 3.48. The Hall–Kier alpha value is -1.65. The van der Waals surface area contributed by atoms with E-state index >= 15 is 0 Å². The molecule has 4 nitrogen and oxygen atoms in total. The molecule has 0 unspecified atom stereocenters. The fourth-order valence-electron chi connectivity index (χ4n) is 4.30. The molecule has 1 spiro atoms. The zero-order valence-corrected chi connectivity index (χ0v) is 13.7. The summed E-state index contributed by atoms with van der Waals surface area (Å²) >= 11 is 0. The lowest BCUT2D eigenvalue weighted by Crippen LogP contribution is -2.44. The summed E-state index contributed by atoms with van der Waals surface area (Å²) < 4.78 is 5.20. The molecule has 4 heterocycles. The molecular formula is C19H25N3O. The number of pyridine rings is 1. The van der Waals surface area contributed by atoms with Gasteiger partial charge in [0.15, 0.2) is 0 Å². The molecule has 0 radical (unpaired) electrons. The Morgan fingerprint density at radius 2 is 1.96 bits per heavy atom. The van der Waals surface area contributed by atoms with Crippen LogP contribution in [0.3, 0.4) is 0 Å². The number of hydrogen-bond donors (Lipinski definition) is 0. The molecule has 2 aromatic heterocycles. The Morgan fingerprint density at radius 1 is 1.04 bits per heavy atom. The number of aromatic nitrogens is 1. The van der Waals surface area contributed by atoms with Crippen LogP contribution in [0, 0.1) is 5.41 Å². The second-order valence-electron chi connectivity index (χ2n) is 7.23. The summed E-state index contributed by atoms with van der Waals surface area (Å²) in [6, 6.07) is 8.30. The van der Waals surface area contributed by atoms with Gasteiger partial charge in [0.1, 0.15) is 0 Å². The minimum atomic E-state index is 0.483. The predicted octanol–water partition coefficient (Wildman–Crippen LogP) is 3.16. The average molecular weight is 311 g/mol. The molecule has 0 N–H and O–H groups in total. The molecule has 122 valence electrons. The van der Waals surface area contributed by atoms with Crippen LogP contribution in [0.4, 0.5) is 0 Å². The molecule has 0 aliphatic carbocycles. The predicted molar refractivity (Wildman–Crippen MR) is 89.8 cm³/mol. The normalized spacial score (nSPS) is 26.1. The monoisotopic (exact) mass is 311 g/mol. The van der Waals surface area contributed by atoms with E-state index in [1.165, 1.54) is 56.7 Å². The molecular weight excluding hydrogens is 286 g/mol. The van der Waals surface area contributed by atoms with E-state index in [1.54, 1.807) is 6.26 Å². The Balaban J connectivity index is 1.37. The first-order valence-electron chi connectivity index (χ1n) is 8.67. The van der Waals surface area contributed by atoms with Gasteiger partial charge in [-0.15, -0.1) is 0 Å². The number of piperidine rings is 1. The summed E-state index contributed by atoms with van der Waals surface area (Å²) in [5.74, 6) is 0. The molecule has 2 saturated heterocycles. The van der Waals surface area contributed by atoms with Gasteiger partial charge >= 0.3 is 0 Å². The molecule has 4 rings (SSSR count). The van der Waals surface area contributed by atoms with Crippen molar-refractivity contribution in [1.82, 2.24) is 14.8 Å². The van der Waals surface area contributed by atoms with Crippen molar-refractivity contribution in [2.45, 2.75) is 32.4 Å². The van der Waals surface area contributed by atoms with Gasteiger partial charge in [0.05, 0.1) is 18.2 Å². The number of rotatable bonds is 4. The third-order valence-electron chi connectivity index (χ3n) is 5.36. The van der Waals surface area contributed by atoms with E-state index in [2.05, 4.69) is 33.0 Å². The SMILES string of the molecule is c1ccc(CN2CCC[C@@]3(CCN(Cc4ccoc4)C3)C2)nc1. The number of furan rings is 1. The van der Waals surface area contributed by atoms with Crippen molar-refractivity contribution in [3.05, 3.63) is 54.2 Å². The highest BCUT2D eigenvalue weighted by molar-refractivity contribution is 5.07. The summed E-state index contributed by atoms with van der Waals surface area (Å²) in [6.45, 7) is 6.87. The van der Waals surface area contributed by atoms with Crippen molar-refractivity contribution < 1.29 is 4.42 Å². The van der Waals surface area contributed by atoms with Crippen LogP contribution >= 0.6 is 0 Å². The van der Waals surface area contributed by atoms with Crippen molar-refractivity contribution in [2.75, 3.05) is 26.2 Å². The first-order chi connectivity index (χ1) is 11.3. The van der Waals surface area contributed by atoms with Crippen LogP contribution in [0.15, 0.2) is 47.4 Å². The summed E-state index contributed by atoms with van der Waals surface area (Å²) in [6.07, 6.45) is 9.55. The largest absolute Gasteiger partial charge is 0.472 e. The summed E-state index contributed by atoms with van der Waals surface area (Å²) in [4.78, 5) is 9.69. The van der Waals surface area contributed by atoms with Gasteiger partial charge in [-0.3, -0.25) is 14.8 Å². The minimum absolute atomic E-state index is 0.483. The van der Waals surface area contributed by atoms with Gasteiger partial charge < -0.3 is 4.42 Å². The fraction of sp³-hybridized carbons (Fsp3) is 0.526. The van der Waals surface area contributed by atoms with Crippen LogP contribution in [-0.4, -0.2) is 41.0 Å². The second kappa shape index (κ2) is 6.46. The first kappa shape index (κ1) is 14.9. The van der Waals surface area contributed by atoms with Gasteiger partial charge in [-0.1, -0.05) is 6.07 Å². The number of hydrogen-bond acceptors (Lipinski definition) is 4. The maximum atomic E-state index is 5.20. The highest BCUT2D eigenvalue weighted by atomic mass is 16.3.